The van der Waals surface area contributed by atoms with Crippen molar-refractivity contribution in [1.82, 2.24) is 19.9 Å². The van der Waals surface area contributed by atoms with Gasteiger partial charge in [-0.25, -0.2) is 18.7 Å². The van der Waals surface area contributed by atoms with Crippen molar-refractivity contribution in [3.63, 3.8) is 0 Å². The number of nitrogens with zero attached hydrogens (tertiary/aromatic N) is 3. The summed E-state index contributed by atoms with van der Waals surface area (Å²) in [6, 6.07) is 2.76. The molecule has 2 heterocycles. The van der Waals surface area contributed by atoms with Gasteiger partial charge >= 0.3 is 0 Å². The second-order valence-corrected chi connectivity index (χ2v) is 6.14. The molecule has 26 heavy (non-hydrogen) atoms. The fraction of sp³-hybridized carbons (Fsp3) is 0.412. The second kappa shape index (κ2) is 7.28. The summed E-state index contributed by atoms with van der Waals surface area (Å²) >= 11 is 0. The Labute approximate surface area is 148 Å². The lowest BCUT2D eigenvalue weighted by Crippen LogP contribution is -2.34. The first-order chi connectivity index (χ1) is 12.4. The van der Waals surface area contributed by atoms with E-state index in [1.807, 2.05) is 0 Å². The van der Waals surface area contributed by atoms with Crippen LogP contribution in [0.2, 0.25) is 0 Å². The Kier molecular flexibility index (Phi) is 5.08. The maximum atomic E-state index is 13.3. The van der Waals surface area contributed by atoms with Crippen LogP contribution in [-0.4, -0.2) is 20.4 Å². The van der Waals surface area contributed by atoms with Crippen molar-refractivity contribution >= 4 is 5.91 Å². The van der Waals surface area contributed by atoms with Crippen LogP contribution in [-0.2, 0) is 20.0 Å². The van der Waals surface area contributed by atoms with E-state index in [1.54, 1.807) is 17.7 Å². The van der Waals surface area contributed by atoms with Gasteiger partial charge in [0.2, 0.25) is 5.56 Å². The molecule has 9 heteroatoms. The molecule has 1 aliphatic carbocycles. The normalized spacial score (nSPS) is 16.4. The molecular weight excluding hydrogens is 344 g/mol. The highest BCUT2D eigenvalue weighted by atomic mass is 19.3. The number of nitrogens with one attached hydrogen (secondary N) is 1. The first-order valence-electron chi connectivity index (χ1n) is 8.26. The topological polar surface area (TPSA) is 103 Å². The van der Waals surface area contributed by atoms with Crippen molar-refractivity contribution in [2.45, 2.75) is 38.3 Å². The Morgan fingerprint density at radius 1 is 1.46 bits per heavy atom. The van der Waals surface area contributed by atoms with E-state index in [4.69, 9.17) is 5.73 Å². The molecule has 1 aliphatic rings. The summed E-state index contributed by atoms with van der Waals surface area (Å²) in [7, 11) is 1.68. The highest BCUT2D eigenvalue weighted by molar-refractivity contribution is 5.95. The molecule has 1 unspecified atom stereocenters. The second-order valence-electron chi connectivity index (χ2n) is 6.14. The largest absolute Gasteiger partial charge is 0.345 e. The predicted molar refractivity (Wildman–Crippen MR) is 89.7 cm³/mol. The number of amides is 1. The highest BCUT2D eigenvalue weighted by Crippen LogP contribution is 2.29. The minimum atomic E-state index is -2.91. The van der Waals surface area contributed by atoms with Gasteiger partial charge in [0.1, 0.15) is 11.5 Å². The quantitative estimate of drug-likeness (QED) is 0.854. The van der Waals surface area contributed by atoms with Crippen LogP contribution in [0.3, 0.4) is 0 Å². The van der Waals surface area contributed by atoms with Crippen LogP contribution in [0, 0.1) is 0 Å². The number of hydrogen-bond donors (Lipinski definition) is 2. The molecule has 0 aliphatic heterocycles. The van der Waals surface area contributed by atoms with Crippen molar-refractivity contribution in [3.05, 3.63) is 57.0 Å². The number of carbonyl (C=O) groups excluding carboxylic acids is 1. The van der Waals surface area contributed by atoms with Crippen LogP contribution in [0.15, 0.2) is 23.1 Å². The molecule has 0 spiro atoms. The van der Waals surface area contributed by atoms with E-state index in [0.717, 1.165) is 30.3 Å². The van der Waals surface area contributed by atoms with E-state index in [0.29, 0.717) is 6.42 Å². The summed E-state index contributed by atoms with van der Waals surface area (Å²) in [5.41, 5.74) is 6.02. The Morgan fingerprint density at radius 3 is 2.92 bits per heavy atom. The van der Waals surface area contributed by atoms with Gasteiger partial charge in [-0.1, -0.05) is 0 Å². The summed E-state index contributed by atoms with van der Waals surface area (Å²) in [6.45, 7) is -0.0916. The van der Waals surface area contributed by atoms with Crippen molar-refractivity contribution in [2.24, 2.45) is 12.8 Å². The number of halogens is 2. The van der Waals surface area contributed by atoms with Gasteiger partial charge in [-0.15, -0.1) is 0 Å². The molecule has 0 bridgehead atoms. The summed E-state index contributed by atoms with van der Waals surface area (Å²) in [6.07, 6.45) is 0.326. The van der Waals surface area contributed by atoms with E-state index in [2.05, 4.69) is 15.3 Å². The molecule has 2 aromatic heterocycles. The molecule has 1 atom stereocenters. The van der Waals surface area contributed by atoms with Gasteiger partial charge in [0.25, 0.3) is 12.3 Å². The van der Waals surface area contributed by atoms with Gasteiger partial charge in [-0.2, -0.15) is 0 Å². The molecule has 2 aromatic rings. The van der Waals surface area contributed by atoms with Gasteiger partial charge in [-0.3, -0.25) is 9.59 Å². The fourth-order valence-corrected chi connectivity index (χ4v) is 3.21. The summed E-state index contributed by atoms with van der Waals surface area (Å²) in [5, 5.41) is 2.77. The molecule has 3 rings (SSSR count). The van der Waals surface area contributed by atoms with Crippen LogP contribution >= 0.6 is 0 Å². The highest BCUT2D eigenvalue weighted by Gasteiger charge is 2.27. The molecule has 7 nitrogen and oxygen atoms in total. The zero-order valence-electron chi connectivity index (χ0n) is 14.2. The van der Waals surface area contributed by atoms with E-state index in [9.17, 15) is 18.4 Å². The molecule has 3 N–H and O–H groups in total. The Bertz CT molecular complexity index is 897. The minimum Gasteiger partial charge on any atom is -0.345 e. The molecule has 0 radical (unpaired) electrons. The summed E-state index contributed by atoms with van der Waals surface area (Å²) < 4.78 is 28.1. The Morgan fingerprint density at radius 2 is 2.23 bits per heavy atom. The van der Waals surface area contributed by atoms with E-state index in [1.165, 1.54) is 6.07 Å². The van der Waals surface area contributed by atoms with Crippen LogP contribution in [0.25, 0.3) is 0 Å². The first kappa shape index (κ1) is 18.1. The van der Waals surface area contributed by atoms with Crippen LogP contribution in [0.5, 0.6) is 0 Å². The maximum absolute atomic E-state index is 13.3. The average Bonchev–Trinajstić information content (AvgIpc) is 2.64. The number of pyridine rings is 1. The number of fused-ring (bicyclic) bond motifs is 1. The molecule has 138 valence electrons. The molecule has 0 fully saturated rings. The molecule has 0 aromatic carbocycles. The lowest BCUT2D eigenvalue weighted by molar-refractivity contribution is 0.0915. The van der Waals surface area contributed by atoms with E-state index >= 15 is 0 Å². The summed E-state index contributed by atoms with van der Waals surface area (Å²) in [4.78, 5) is 31.9. The Balaban J connectivity index is 1.91. The van der Waals surface area contributed by atoms with Crippen molar-refractivity contribution in [1.29, 1.82) is 0 Å². The number of hydrogen-bond acceptors (Lipinski definition) is 5. The van der Waals surface area contributed by atoms with Gasteiger partial charge in [0.05, 0.1) is 18.2 Å². The first-order valence-corrected chi connectivity index (χ1v) is 8.26. The molecular formula is C17H19F2N5O2. The predicted octanol–water partition coefficient (Wildman–Crippen LogP) is 1.38. The fourth-order valence-electron chi connectivity index (χ4n) is 3.21. The third kappa shape index (κ3) is 3.34. The maximum Gasteiger partial charge on any atom is 0.281 e. The Hall–Kier alpha value is -2.68. The molecule has 1 amide bonds. The molecule has 0 saturated carbocycles. The van der Waals surface area contributed by atoms with Gasteiger partial charge in [0.15, 0.2) is 0 Å². The monoisotopic (exact) mass is 363 g/mol. The zero-order valence-corrected chi connectivity index (χ0v) is 14.2. The molecule has 0 saturated heterocycles. The van der Waals surface area contributed by atoms with Gasteiger partial charge in [0, 0.05) is 25.0 Å². The zero-order chi connectivity index (χ0) is 18.8. The van der Waals surface area contributed by atoms with Crippen molar-refractivity contribution < 1.29 is 13.6 Å². The summed E-state index contributed by atoms with van der Waals surface area (Å²) in [5.74, 6) is -0.620. The lowest BCUT2D eigenvalue weighted by Gasteiger charge is -2.27. The smallest absolute Gasteiger partial charge is 0.281 e. The van der Waals surface area contributed by atoms with Gasteiger partial charge in [-0.05, 0) is 30.9 Å². The third-order valence-electron chi connectivity index (χ3n) is 4.56. The number of nitrogens with two attached hydrogens (primary N) is 1. The van der Waals surface area contributed by atoms with E-state index < -0.39 is 18.0 Å². The number of aromatic nitrogens is 3. The van der Waals surface area contributed by atoms with Crippen molar-refractivity contribution in [3.8, 4) is 0 Å². The third-order valence-corrected chi connectivity index (χ3v) is 4.56. The number of alkyl halides is 2. The van der Waals surface area contributed by atoms with Crippen LogP contribution in [0.4, 0.5) is 8.78 Å². The SMILES string of the molecule is Cn1c2c(ccc1=O)C(NC(=O)c1cnc(CN)nc1C(F)F)CCC2. The standard InChI is InChI=1S/C17H19F2N5O2/c1-24-12-4-2-3-11(9(12)5-6-14(24)25)22-17(26)10-8-21-13(7-20)23-15(10)16(18)19/h5-6,8,11,16H,2-4,7,20H2,1H3,(H,22,26). The lowest BCUT2D eigenvalue weighted by atomic mass is 9.90. The van der Waals surface area contributed by atoms with Crippen LogP contribution < -0.4 is 16.6 Å². The van der Waals surface area contributed by atoms with Gasteiger partial charge < -0.3 is 15.6 Å². The number of rotatable bonds is 4. The number of carbonyl (C=O) groups is 1. The van der Waals surface area contributed by atoms with Crippen molar-refractivity contribution in [2.75, 3.05) is 0 Å². The minimum absolute atomic E-state index is 0.0508. The average molecular weight is 363 g/mol. The van der Waals surface area contributed by atoms with Crippen LogP contribution in [0.1, 0.15) is 58.4 Å². The van der Waals surface area contributed by atoms with E-state index in [-0.39, 0.29) is 29.5 Å².